The largest absolute Gasteiger partial charge is 0.490 e. The zero-order chi connectivity index (χ0) is 9.14. The zero-order valence-electron chi connectivity index (χ0n) is 7.46. The maximum Gasteiger partial charge on any atom is 0.374 e. The van der Waals surface area contributed by atoms with Crippen molar-refractivity contribution in [2.24, 2.45) is 0 Å². The van der Waals surface area contributed by atoms with Crippen LogP contribution in [0, 0.1) is 0 Å². The van der Waals surface area contributed by atoms with Crippen LogP contribution in [0.1, 0.15) is 13.8 Å². The Hall–Kier alpha value is -1.25. The van der Waals surface area contributed by atoms with Crippen LogP contribution in [0.3, 0.4) is 0 Å². The van der Waals surface area contributed by atoms with Gasteiger partial charge in [0.1, 0.15) is 6.10 Å². The molecule has 0 saturated carbocycles. The third-order valence-corrected chi connectivity index (χ3v) is 1.78. The highest BCUT2D eigenvalue weighted by Crippen LogP contribution is 2.23. The van der Waals surface area contributed by atoms with Crippen LogP contribution in [0.5, 0.6) is 0 Å². The summed E-state index contributed by atoms with van der Waals surface area (Å²) in [5.74, 6) is -0.0452. The molecule has 0 bridgehead atoms. The molecule has 0 spiro atoms. The van der Waals surface area contributed by atoms with Gasteiger partial charge in [-0.2, -0.15) is 0 Å². The molecule has 0 amide bonds. The van der Waals surface area contributed by atoms with Crippen molar-refractivity contribution in [3.8, 4) is 0 Å². The minimum atomic E-state index is -0.377. The topological polar surface area (TPSA) is 35.5 Å². The summed E-state index contributed by atoms with van der Waals surface area (Å²) >= 11 is 0. The molecule has 0 aromatic rings. The van der Waals surface area contributed by atoms with Gasteiger partial charge >= 0.3 is 5.97 Å². The van der Waals surface area contributed by atoms with Crippen molar-refractivity contribution in [2.75, 3.05) is 7.11 Å². The van der Waals surface area contributed by atoms with Gasteiger partial charge in [0, 0.05) is 5.57 Å². The van der Waals surface area contributed by atoms with Crippen molar-refractivity contribution in [3.05, 3.63) is 23.5 Å². The second-order valence-electron chi connectivity index (χ2n) is 2.57. The fourth-order valence-electron chi connectivity index (χ4n) is 1.15. The molecule has 0 aliphatic carbocycles. The highest BCUT2D eigenvalue weighted by molar-refractivity contribution is 5.90. The van der Waals surface area contributed by atoms with Crippen LogP contribution in [0.2, 0.25) is 0 Å². The molecule has 0 N–H and O–H groups in total. The molecule has 1 rings (SSSR count). The SMILES string of the molecule is C/C=C/[C@H]1OC(=O)C(OC)=C1C. The summed E-state index contributed by atoms with van der Waals surface area (Å²) in [7, 11) is 1.47. The molecule has 0 aromatic heterocycles. The molecule has 0 fully saturated rings. The van der Waals surface area contributed by atoms with Crippen LogP contribution in [0.4, 0.5) is 0 Å². The number of methoxy groups -OCH3 is 1. The quantitative estimate of drug-likeness (QED) is 0.462. The van der Waals surface area contributed by atoms with Crippen LogP contribution < -0.4 is 0 Å². The van der Waals surface area contributed by atoms with E-state index in [-0.39, 0.29) is 12.1 Å². The Bertz CT molecular complexity index is 250. The van der Waals surface area contributed by atoms with E-state index < -0.39 is 0 Å². The highest BCUT2D eigenvalue weighted by Gasteiger charge is 2.30. The molecule has 3 heteroatoms. The number of esters is 1. The molecule has 12 heavy (non-hydrogen) atoms. The molecule has 66 valence electrons. The zero-order valence-corrected chi connectivity index (χ0v) is 7.46. The molecule has 1 heterocycles. The molecule has 1 aliphatic heterocycles. The molecular weight excluding hydrogens is 156 g/mol. The Morgan fingerprint density at radius 1 is 1.58 bits per heavy atom. The second-order valence-corrected chi connectivity index (χ2v) is 2.57. The minimum absolute atomic E-state index is 0.238. The van der Waals surface area contributed by atoms with Crippen molar-refractivity contribution in [1.29, 1.82) is 0 Å². The third kappa shape index (κ3) is 1.35. The molecule has 1 atom stereocenters. The van der Waals surface area contributed by atoms with Gasteiger partial charge in [0.2, 0.25) is 5.76 Å². The number of allylic oxidation sites excluding steroid dienone is 1. The molecule has 3 nitrogen and oxygen atoms in total. The number of carbonyl (C=O) groups is 1. The number of hydrogen-bond acceptors (Lipinski definition) is 3. The smallest absolute Gasteiger partial charge is 0.374 e. The van der Waals surface area contributed by atoms with Crippen LogP contribution in [0.15, 0.2) is 23.5 Å². The van der Waals surface area contributed by atoms with Crippen molar-refractivity contribution in [2.45, 2.75) is 20.0 Å². The monoisotopic (exact) mass is 168 g/mol. The second kappa shape index (κ2) is 3.43. The maximum absolute atomic E-state index is 11.1. The van der Waals surface area contributed by atoms with Crippen molar-refractivity contribution >= 4 is 5.97 Å². The van der Waals surface area contributed by atoms with E-state index in [0.29, 0.717) is 5.76 Å². The molecule has 0 aromatic carbocycles. The normalized spacial score (nSPS) is 23.6. The van der Waals surface area contributed by atoms with Gasteiger partial charge in [-0.05, 0) is 19.9 Å². The standard InChI is InChI=1S/C9H12O3/c1-4-5-7-6(2)8(11-3)9(10)12-7/h4-5,7H,1-3H3/b5-4+/t7-/m1/s1. The number of cyclic esters (lactones) is 1. The first kappa shape index (κ1) is 8.84. The Kier molecular flexibility index (Phi) is 2.53. The molecule has 1 aliphatic rings. The lowest BCUT2D eigenvalue weighted by Crippen LogP contribution is -2.06. The van der Waals surface area contributed by atoms with E-state index in [1.807, 2.05) is 26.0 Å². The van der Waals surface area contributed by atoms with Crippen LogP contribution >= 0.6 is 0 Å². The Morgan fingerprint density at radius 3 is 2.67 bits per heavy atom. The fraction of sp³-hybridized carbons (Fsp3) is 0.444. The lowest BCUT2D eigenvalue weighted by molar-refractivity contribution is -0.141. The number of rotatable bonds is 2. The van der Waals surface area contributed by atoms with Crippen molar-refractivity contribution in [1.82, 2.24) is 0 Å². The summed E-state index contributed by atoms with van der Waals surface area (Å²) in [6.07, 6.45) is 3.43. The first-order chi connectivity index (χ1) is 5.70. The average Bonchev–Trinajstić information content (AvgIpc) is 2.29. The molecular formula is C9H12O3. The van der Waals surface area contributed by atoms with E-state index in [4.69, 9.17) is 9.47 Å². The van der Waals surface area contributed by atoms with Gasteiger partial charge in [0.15, 0.2) is 0 Å². The van der Waals surface area contributed by atoms with Crippen molar-refractivity contribution < 1.29 is 14.3 Å². The predicted octanol–water partition coefficient (Wildman–Crippen LogP) is 1.41. The van der Waals surface area contributed by atoms with E-state index in [1.165, 1.54) is 7.11 Å². The minimum Gasteiger partial charge on any atom is -0.490 e. The highest BCUT2D eigenvalue weighted by atomic mass is 16.6. The first-order valence-electron chi connectivity index (χ1n) is 3.79. The van der Waals surface area contributed by atoms with E-state index >= 15 is 0 Å². The Labute approximate surface area is 71.7 Å². The van der Waals surface area contributed by atoms with Crippen LogP contribution in [-0.2, 0) is 14.3 Å². The summed E-state index contributed by atoms with van der Waals surface area (Å²) in [5.41, 5.74) is 0.834. The average molecular weight is 168 g/mol. The third-order valence-electron chi connectivity index (χ3n) is 1.78. The van der Waals surface area contributed by atoms with Gasteiger partial charge in [0.25, 0.3) is 0 Å². The van der Waals surface area contributed by atoms with E-state index in [1.54, 1.807) is 0 Å². The summed E-state index contributed by atoms with van der Waals surface area (Å²) in [6, 6.07) is 0. The number of hydrogen-bond donors (Lipinski definition) is 0. The predicted molar refractivity (Wildman–Crippen MR) is 44.4 cm³/mol. The van der Waals surface area contributed by atoms with E-state index in [2.05, 4.69) is 0 Å². The van der Waals surface area contributed by atoms with Gasteiger partial charge < -0.3 is 9.47 Å². The van der Waals surface area contributed by atoms with Gasteiger partial charge in [-0.15, -0.1) is 0 Å². The lowest BCUT2D eigenvalue weighted by atomic mass is 10.1. The number of ether oxygens (including phenoxy) is 2. The first-order valence-corrected chi connectivity index (χ1v) is 3.79. The summed E-state index contributed by atoms with van der Waals surface area (Å²) in [6.45, 7) is 3.71. The molecule has 0 unspecified atom stereocenters. The van der Waals surface area contributed by atoms with Crippen LogP contribution in [0.25, 0.3) is 0 Å². The van der Waals surface area contributed by atoms with Gasteiger partial charge in [-0.3, -0.25) is 0 Å². The van der Waals surface area contributed by atoms with Crippen LogP contribution in [-0.4, -0.2) is 19.2 Å². The lowest BCUT2D eigenvalue weighted by Gasteiger charge is -2.02. The van der Waals surface area contributed by atoms with E-state index in [0.717, 1.165) is 5.57 Å². The van der Waals surface area contributed by atoms with E-state index in [9.17, 15) is 4.79 Å². The summed E-state index contributed by atoms with van der Waals surface area (Å²) < 4.78 is 9.88. The Morgan fingerprint density at radius 2 is 2.25 bits per heavy atom. The molecule has 0 radical (unpaired) electrons. The van der Waals surface area contributed by atoms with Crippen molar-refractivity contribution in [3.63, 3.8) is 0 Å². The fourth-order valence-corrected chi connectivity index (χ4v) is 1.15. The summed E-state index contributed by atoms with van der Waals surface area (Å²) in [4.78, 5) is 11.1. The Balaban J connectivity index is 2.88. The van der Waals surface area contributed by atoms with Gasteiger partial charge in [-0.1, -0.05) is 6.08 Å². The summed E-state index contributed by atoms with van der Waals surface area (Å²) in [5, 5.41) is 0. The molecule has 0 saturated heterocycles. The maximum atomic E-state index is 11.1. The van der Waals surface area contributed by atoms with Gasteiger partial charge in [-0.25, -0.2) is 4.79 Å². The van der Waals surface area contributed by atoms with Gasteiger partial charge in [0.05, 0.1) is 7.11 Å². The number of carbonyl (C=O) groups excluding carboxylic acids is 1.